The molecule has 0 aliphatic rings. The number of aromatic nitrogens is 1. The van der Waals surface area contributed by atoms with E-state index in [1.807, 2.05) is 6.92 Å². The normalized spacial score (nSPS) is 11.8. The number of hydrogen-bond acceptors (Lipinski definition) is 5. The van der Waals surface area contributed by atoms with Gasteiger partial charge in [0, 0.05) is 13.2 Å². The Kier molecular flexibility index (Phi) is 6.79. The number of ether oxygens (including phenoxy) is 2. The maximum Gasteiger partial charge on any atom is 0.337 e. The lowest BCUT2D eigenvalue weighted by molar-refractivity contribution is 0.0600. The lowest BCUT2D eigenvalue weighted by Crippen LogP contribution is -2.20. The molecule has 3 rings (SSSR count). The van der Waals surface area contributed by atoms with E-state index in [1.54, 1.807) is 22.8 Å². The van der Waals surface area contributed by atoms with Crippen LogP contribution in [0.4, 0.5) is 4.39 Å². The summed E-state index contributed by atoms with van der Waals surface area (Å²) in [5.74, 6) is -1.98. The van der Waals surface area contributed by atoms with Crippen LogP contribution in [-0.4, -0.2) is 36.8 Å². The van der Waals surface area contributed by atoms with Crippen LogP contribution in [0.25, 0.3) is 10.2 Å². The predicted molar refractivity (Wildman–Crippen MR) is 109 cm³/mol. The van der Waals surface area contributed by atoms with Crippen molar-refractivity contribution in [2.75, 3.05) is 20.3 Å². The molecule has 1 heterocycles. The number of fused-ring (bicyclic) bond motifs is 1. The second-order valence-corrected chi connectivity index (χ2v) is 7.34. The van der Waals surface area contributed by atoms with Crippen molar-refractivity contribution in [3.8, 4) is 0 Å². The Hall–Kier alpha value is -2.55. The van der Waals surface area contributed by atoms with Crippen molar-refractivity contribution in [1.29, 1.82) is 0 Å². The number of thiazole rings is 1. The quantitative estimate of drug-likeness (QED) is 0.431. The maximum atomic E-state index is 14.1. The number of hydrogen-bond donors (Lipinski definition) is 0. The highest BCUT2D eigenvalue weighted by atomic mass is 35.5. The van der Waals surface area contributed by atoms with Crippen LogP contribution >= 0.6 is 22.9 Å². The molecular formula is C20H18ClFN2O4S. The molecule has 2 aromatic carbocycles. The van der Waals surface area contributed by atoms with Gasteiger partial charge in [-0.1, -0.05) is 29.0 Å². The summed E-state index contributed by atoms with van der Waals surface area (Å²) < 4.78 is 26.8. The fraction of sp³-hybridized carbons (Fsp3) is 0.250. The highest BCUT2D eigenvalue weighted by Gasteiger charge is 2.17. The van der Waals surface area contributed by atoms with Crippen molar-refractivity contribution >= 4 is 45.0 Å². The van der Waals surface area contributed by atoms with Gasteiger partial charge in [-0.25, -0.2) is 9.18 Å². The third-order valence-electron chi connectivity index (χ3n) is 4.14. The van der Waals surface area contributed by atoms with E-state index in [0.717, 1.165) is 16.3 Å². The molecule has 3 aromatic rings. The maximum absolute atomic E-state index is 14.1. The summed E-state index contributed by atoms with van der Waals surface area (Å²) in [7, 11) is 1.31. The van der Waals surface area contributed by atoms with Gasteiger partial charge in [-0.2, -0.15) is 4.99 Å². The average Bonchev–Trinajstić information content (AvgIpc) is 3.03. The van der Waals surface area contributed by atoms with Crippen molar-refractivity contribution in [2.45, 2.75) is 13.5 Å². The molecule has 0 bridgehead atoms. The topological polar surface area (TPSA) is 69.9 Å². The number of methoxy groups -OCH3 is 1. The third kappa shape index (κ3) is 4.55. The summed E-state index contributed by atoms with van der Waals surface area (Å²) in [6.07, 6.45) is 0. The number of nitrogens with zero attached hydrogens (tertiary/aromatic N) is 2. The molecule has 0 aliphatic heterocycles. The molecule has 0 saturated heterocycles. The molecular weight excluding hydrogens is 419 g/mol. The molecule has 0 fully saturated rings. The van der Waals surface area contributed by atoms with Crippen LogP contribution in [0, 0.1) is 5.82 Å². The van der Waals surface area contributed by atoms with Crippen LogP contribution < -0.4 is 4.80 Å². The highest BCUT2D eigenvalue weighted by molar-refractivity contribution is 7.16. The molecule has 152 valence electrons. The van der Waals surface area contributed by atoms with E-state index in [0.29, 0.717) is 30.1 Å². The smallest absolute Gasteiger partial charge is 0.337 e. The predicted octanol–water partition coefficient (Wildman–Crippen LogP) is 4.06. The number of carbonyl (C=O) groups excluding carboxylic acids is 2. The largest absolute Gasteiger partial charge is 0.465 e. The van der Waals surface area contributed by atoms with Gasteiger partial charge in [0.05, 0.1) is 40.1 Å². The lowest BCUT2D eigenvalue weighted by Gasteiger charge is -2.06. The minimum absolute atomic E-state index is 0.00583. The van der Waals surface area contributed by atoms with Gasteiger partial charge < -0.3 is 14.0 Å². The first-order valence-electron chi connectivity index (χ1n) is 8.78. The van der Waals surface area contributed by atoms with Crippen LogP contribution in [0.1, 0.15) is 27.6 Å². The Morgan fingerprint density at radius 3 is 2.76 bits per heavy atom. The monoisotopic (exact) mass is 436 g/mol. The first-order chi connectivity index (χ1) is 14.0. The second kappa shape index (κ2) is 9.30. The Morgan fingerprint density at radius 2 is 2.07 bits per heavy atom. The van der Waals surface area contributed by atoms with E-state index in [2.05, 4.69) is 4.99 Å². The highest BCUT2D eigenvalue weighted by Crippen LogP contribution is 2.22. The number of benzene rings is 2. The van der Waals surface area contributed by atoms with Gasteiger partial charge in [-0.15, -0.1) is 0 Å². The zero-order valence-corrected chi connectivity index (χ0v) is 17.3. The van der Waals surface area contributed by atoms with Crippen molar-refractivity contribution in [3.05, 3.63) is 63.2 Å². The molecule has 29 heavy (non-hydrogen) atoms. The van der Waals surface area contributed by atoms with Gasteiger partial charge in [0.2, 0.25) is 0 Å². The minimum atomic E-state index is -0.780. The summed E-state index contributed by atoms with van der Waals surface area (Å²) in [6, 6.07) is 9.07. The van der Waals surface area contributed by atoms with Gasteiger partial charge in [-0.3, -0.25) is 4.79 Å². The van der Waals surface area contributed by atoms with Gasteiger partial charge in [-0.05, 0) is 37.3 Å². The first-order valence-corrected chi connectivity index (χ1v) is 9.98. The van der Waals surface area contributed by atoms with Crippen molar-refractivity contribution in [3.63, 3.8) is 0 Å². The van der Waals surface area contributed by atoms with Crippen LogP contribution in [0.5, 0.6) is 0 Å². The van der Waals surface area contributed by atoms with E-state index in [1.165, 1.54) is 30.6 Å². The van der Waals surface area contributed by atoms with E-state index in [-0.39, 0.29) is 10.6 Å². The standard InChI is InChI=1S/C20H18ClFN2O4S/c1-3-28-10-9-24-15-8-7-12(19(26)27-2)11-16(15)29-20(24)23-18(25)17-13(21)5-4-6-14(17)22/h4-8,11H,3,9-10H2,1-2H3. The van der Waals surface area contributed by atoms with E-state index < -0.39 is 17.7 Å². The third-order valence-corrected chi connectivity index (χ3v) is 5.50. The Labute approximate surface area is 175 Å². The summed E-state index contributed by atoms with van der Waals surface area (Å²) in [5, 5.41) is -0.00583. The van der Waals surface area contributed by atoms with Gasteiger partial charge in [0.25, 0.3) is 5.91 Å². The van der Waals surface area contributed by atoms with Crippen LogP contribution in [0.2, 0.25) is 5.02 Å². The molecule has 0 aliphatic carbocycles. The van der Waals surface area contributed by atoms with Crippen LogP contribution in [0.15, 0.2) is 41.4 Å². The van der Waals surface area contributed by atoms with Crippen LogP contribution in [0.3, 0.4) is 0 Å². The van der Waals surface area contributed by atoms with E-state index in [4.69, 9.17) is 21.1 Å². The number of rotatable bonds is 6. The summed E-state index contributed by atoms with van der Waals surface area (Å²) >= 11 is 7.19. The molecule has 1 amide bonds. The lowest BCUT2D eigenvalue weighted by atomic mass is 10.2. The zero-order chi connectivity index (χ0) is 21.0. The summed E-state index contributed by atoms with van der Waals surface area (Å²) in [4.78, 5) is 28.9. The van der Waals surface area contributed by atoms with E-state index >= 15 is 0 Å². The second-order valence-electron chi connectivity index (χ2n) is 5.92. The SMILES string of the molecule is CCOCCn1c(=NC(=O)c2c(F)cccc2Cl)sc2cc(C(=O)OC)ccc21. The zero-order valence-electron chi connectivity index (χ0n) is 15.8. The number of esters is 1. The van der Waals surface area contributed by atoms with Crippen LogP contribution in [-0.2, 0) is 16.0 Å². The molecule has 9 heteroatoms. The van der Waals surface area contributed by atoms with Gasteiger partial charge in [0.15, 0.2) is 4.80 Å². The number of carbonyl (C=O) groups is 2. The average molecular weight is 437 g/mol. The molecule has 0 saturated carbocycles. The molecule has 0 spiro atoms. The molecule has 0 radical (unpaired) electrons. The first kappa shape index (κ1) is 21.2. The Bertz CT molecular complexity index is 1120. The van der Waals surface area contributed by atoms with Crippen molar-refractivity contribution in [1.82, 2.24) is 4.57 Å². The Balaban J connectivity index is 2.13. The number of halogens is 2. The van der Waals surface area contributed by atoms with Crippen molar-refractivity contribution < 1.29 is 23.5 Å². The van der Waals surface area contributed by atoms with Gasteiger partial charge in [0.1, 0.15) is 5.82 Å². The molecule has 6 nitrogen and oxygen atoms in total. The van der Waals surface area contributed by atoms with E-state index in [9.17, 15) is 14.0 Å². The number of amides is 1. The molecule has 1 aromatic heterocycles. The fourth-order valence-electron chi connectivity index (χ4n) is 2.76. The molecule has 0 unspecified atom stereocenters. The Morgan fingerprint density at radius 1 is 1.28 bits per heavy atom. The molecule has 0 N–H and O–H groups in total. The minimum Gasteiger partial charge on any atom is -0.465 e. The van der Waals surface area contributed by atoms with Crippen molar-refractivity contribution in [2.24, 2.45) is 4.99 Å². The summed E-state index contributed by atoms with van der Waals surface area (Å²) in [5.41, 5.74) is 0.875. The summed E-state index contributed by atoms with van der Waals surface area (Å²) in [6.45, 7) is 3.27. The fourth-order valence-corrected chi connectivity index (χ4v) is 4.10. The molecule has 0 atom stereocenters. The van der Waals surface area contributed by atoms with Gasteiger partial charge >= 0.3 is 5.97 Å².